The molecule has 4 aromatic rings. The molecule has 34 heavy (non-hydrogen) atoms. The summed E-state index contributed by atoms with van der Waals surface area (Å²) in [6, 6.07) is 26.2. The van der Waals surface area contributed by atoms with Crippen LogP contribution in [0.25, 0.3) is 0 Å². The van der Waals surface area contributed by atoms with Gasteiger partial charge in [0.1, 0.15) is 5.75 Å². The average molecular weight is 451 g/mol. The van der Waals surface area contributed by atoms with E-state index in [2.05, 4.69) is 38.8 Å². The van der Waals surface area contributed by atoms with Crippen LogP contribution >= 0.6 is 0 Å². The highest BCUT2D eigenvalue weighted by atomic mass is 16.5. The molecule has 2 N–H and O–H groups in total. The first-order valence-corrected chi connectivity index (χ1v) is 11.4. The number of hydrogen-bond donors (Lipinski definition) is 2. The summed E-state index contributed by atoms with van der Waals surface area (Å²) in [7, 11) is 0. The Morgan fingerprint density at radius 3 is 2.50 bits per heavy atom. The highest BCUT2D eigenvalue weighted by molar-refractivity contribution is 5.94. The van der Waals surface area contributed by atoms with E-state index in [1.54, 1.807) is 18.6 Å². The fourth-order valence-corrected chi connectivity index (χ4v) is 3.99. The molecular weight excluding hydrogens is 424 g/mol. The number of nitrogens with one attached hydrogen (secondary N) is 2. The van der Waals surface area contributed by atoms with Crippen LogP contribution in [0.1, 0.15) is 39.4 Å². The normalized spacial score (nSPS) is 16.6. The van der Waals surface area contributed by atoms with Crippen molar-refractivity contribution in [3.63, 3.8) is 0 Å². The zero-order valence-corrected chi connectivity index (χ0v) is 18.7. The summed E-state index contributed by atoms with van der Waals surface area (Å²) < 4.78 is 5.91. The van der Waals surface area contributed by atoms with Gasteiger partial charge in [-0.25, -0.2) is 4.98 Å². The molecule has 6 heteroatoms. The molecule has 0 radical (unpaired) electrons. The van der Waals surface area contributed by atoms with E-state index < -0.39 is 0 Å². The monoisotopic (exact) mass is 450 g/mol. The van der Waals surface area contributed by atoms with Crippen LogP contribution in [0.4, 0.5) is 0 Å². The van der Waals surface area contributed by atoms with E-state index in [1.807, 2.05) is 60.7 Å². The van der Waals surface area contributed by atoms with E-state index in [0.29, 0.717) is 36.5 Å². The standard InChI is InChI=1S/C28H26N4O2/c33-28(32-17-20-6-2-1-3-7-20)22-12-10-21(11-13-22)24-16-25(24)31-18-23-8-4-5-9-26(23)34-27-19-29-14-15-30-27/h1-15,19,24-25,31H,16-18H2,(H,32,33)/t24-,25+/m0/s1. The lowest BCUT2D eigenvalue weighted by molar-refractivity contribution is 0.0951. The number of rotatable bonds is 9. The van der Waals surface area contributed by atoms with Crippen molar-refractivity contribution in [3.05, 3.63) is 120 Å². The number of nitrogens with zero attached hydrogens (tertiary/aromatic N) is 2. The molecule has 2 atom stereocenters. The van der Waals surface area contributed by atoms with Crippen LogP contribution in [0.5, 0.6) is 11.6 Å². The molecule has 1 fully saturated rings. The molecule has 0 unspecified atom stereocenters. The minimum Gasteiger partial charge on any atom is -0.437 e. The van der Waals surface area contributed by atoms with Crippen LogP contribution in [0.2, 0.25) is 0 Å². The van der Waals surface area contributed by atoms with Gasteiger partial charge in [0, 0.05) is 48.6 Å². The molecule has 3 aromatic carbocycles. The molecule has 0 aliphatic heterocycles. The van der Waals surface area contributed by atoms with Crippen molar-refractivity contribution in [1.29, 1.82) is 0 Å². The molecule has 1 amide bonds. The SMILES string of the molecule is O=C(NCc1ccccc1)c1ccc([C@@H]2C[C@H]2NCc2ccccc2Oc2cnccn2)cc1. The topological polar surface area (TPSA) is 76.1 Å². The molecule has 1 heterocycles. The molecule has 1 aliphatic rings. The number of para-hydroxylation sites is 1. The van der Waals surface area contributed by atoms with Gasteiger partial charge in [-0.05, 0) is 35.7 Å². The maximum Gasteiger partial charge on any atom is 0.251 e. The van der Waals surface area contributed by atoms with Gasteiger partial charge in [-0.1, -0.05) is 60.7 Å². The second-order valence-corrected chi connectivity index (χ2v) is 8.37. The second kappa shape index (κ2) is 10.3. The Balaban J connectivity index is 1.13. The van der Waals surface area contributed by atoms with Crippen LogP contribution < -0.4 is 15.4 Å². The maximum atomic E-state index is 12.5. The molecule has 0 saturated heterocycles. The molecule has 5 rings (SSSR count). The van der Waals surface area contributed by atoms with Gasteiger partial charge in [0.15, 0.2) is 0 Å². The Kier molecular flexibility index (Phi) is 6.59. The predicted molar refractivity (Wildman–Crippen MR) is 131 cm³/mol. The third-order valence-electron chi connectivity index (χ3n) is 5.97. The highest BCUT2D eigenvalue weighted by Crippen LogP contribution is 2.41. The van der Waals surface area contributed by atoms with Crippen LogP contribution in [-0.2, 0) is 13.1 Å². The summed E-state index contributed by atoms with van der Waals surface area (Å²) in [6.45, 7) is 1.23. The molecule has 1 aliphatic carbocycles. The average Bonchev–Trinajstić information content (AvgIpc) is 3.68. The molecule has 0 spiro atoms. The Morgan fingerprint density at radius 2 is 1.71 bits per heavy atom. The number of hydrogen-bond acceptors (Lipinski definition) is 5. The maximum absolute atomic E-state index is 12.5. The molecule has 1 saturated carbocycles. The first-order valence-electron chi connectivity index (χ1n) is 11.4. The Bertz CT molecular complexity index is 1230. The number of benzene rings is 3. The first kappa shape index (κ1) is 21.8. The van der Waals surface area contributed by atoms with Gasteiger partial charge in [-0.15, -0.1) is 0 Å². The largest absolute Gasteiger partial charge is 0.437 e. The highest BCUT2D eigenvalue weighted by Gasteiger charge is 2.37. The smallest absolute Gasteiger partial charge is 0.251 e. The summed E-state index contributed by atoms with van der Waals surface area (Å²) in [6.07, 6.45) is 5.92. The van der Waals surface area contributed by atoms with E-state index in [1.165, 1.54) is 5.56 Å². The van der Waals surface area contributed by atoms with Crippen molar-refractivity contribution in [3.8, 4) is 11.6 Å². The molecule has 6 nitrogen and oxygen atoms in total. The summed E-state index contributed by atoms with van der Waals surface area (Å²) in [4.78, 5) is 20.7. The molecule has 170 valence electrons. The minimum atomic E-state index is -0.0550. The fourth-order valence-electron chi connectivity index (χ4n) is 3.99. The summed E-state index contributed by atoms with van der Waals surface area (Å²) in [5.74, 6) is 1.65. The third-order valence-corrected chi connectivity index (χ3v) is 5.97. The zero-order chi connectivity index (χ0) is 23.2. The molecular formula is C28H26N4O2. The van der Waals surface area contributed by atoms with Crippen molar-refractivity contribution in [2.75, 3.05) is 0 Å². The van der Waals surface area contributed by atoms with Gasteiger partial charge in [0.05, 0.1) is 6.20 Å². The summed E-state index contributed by atoms with van der Waals surface area (Å²) in [5.41, 5.74) is 4.09. The van der Waals surface area contributed by atoms with E-state index in [0.717, 1.165) is 23.3 Å². The fraction of sp³-hybridized carbons (Fsp3) is 0.179. The summed E-state index contributed by atoms with van der Waals surface area (Å²) >= 11 is 0. The number of aromatic nitrogens is 2. The Labute approximate surface area is 199 Å². The lowest BCUT2D eigenvalue weighted by atomic mass is 10.1. The van der Waals surface area contributed by atoms with Gasteiger partial charge in [-0.2, -0.15) is 0 Å². The quantitative estimate of drug-likeness (QED) is 0.381. The van der Waals surface area contributed by atoms with Gasteiger partial charge in [-0.3, -0.25) is 9.78 Å². The van der Waals surface area contributed by atoms with Crippen LogP contribution in [-0.4, -0.2) is 21.9 Å². The first-order chi connectivity index (χ1) is 16.8. The zero-order valence-electron chi connectivity index (χ0n) is 18.7. The van der Waals surface area contributed by atoms with E-state index in [9.17, 15) is 4.79 Å². The van der Waals surface area contributed by atoms with Crippen LogP contribution in [0.3, 0.4) is 0 Å². The molecule has 1 aromatic heterocycles. The van der Waals surface area contributed by atoms with Crippen molar-refractivity contribution in [1.82, 2.24) is 20.6 Å². The van der Waals surface area contributed by atoms with Crippen molar-refractivity contribution < 1.29 is 9.53 Å². The van der Waals surface area contributed by atoms with Crippen molar-refractivity contribution >= 4 is 5.91 Å². The Hall–Kier alpha value is -4.03. The Morgan fingerprint density at radius 1 is 0.912 bits per heavy atom. The van der Waals surface area contributed by atoms with Crippen LogP contribution in [0, 0.1) is 0 Å². The van der Waals surface area contributed by atoms with Gasteiger partial charge < -0.3 is 15.4 Å². The summed E-state index contributed by atoms with van der Waals surface area (Å²) in [5, 5.41) is 6.61. The third kappa shape index (κ3) is 5.47. The lowest BCUT2D eigenvalue weighted by Crippen LogP contribution is -2.22. The predicted octanol–water partition coefficient (Wildman–Crippen LogP) is 4.84. The number of carbonyl (C=O) groups is 1. The minimum absolute atomic E-state index is 0.0550. The van der Waals surface area contributed by atoms with E-state index in [4.69, 9.17) is 4.74 Å². The molecule has 0 bridgehead atoms. The number of carbonyl (C=O) groups excluding carboxylic acids is 1. The van der Waals surface area contributed by atoms with E-state index >= 15 is 0 Å². The van der Waals surface area contributed by atoms with Crippen molar-refractivity contribution in [2.45, 2.75) is 31.5 Å². The van der Waals surface area contributed by atoms with E-state index in [-0.39, 0.29) is 5.91 Å². The number of ether oxygens (including phenoxy) is 1. The second-order valence-electron chi connectivity index (χ2n) is 8.37. The van der Waals surface area contributed by atoms with Gasteiger partial charge in [0.25, 0.3) is 5.91 Å². The van der Waals surface area contributed by atoms with Crippen molar-refractivity contribution in [2.24, 2.45) is 0 Å². The number of amides is 1. The lowest BCUT2D eigenvalue weighted by Gasteiger charge is -2.11. The van der Waals surface area contributed by atoms with Crippen LogP contribution in [0.15, 0.2) is 97.5 Å². The van der Waals surface area contributed by atoms with Gasteiger partial charge >= 0.3 is 0 Å². The van der Waals surface area contributed by atoms with Gasteiger partial charge in [0.2, 0.25) is 5.88 Å².